The fraction of sp³-hybridized carbons (Fsp3) is 0.333. The summed E-state index contributed by atoms with van der Waals surface area (Å²) < 4.78 is 0. The molecule has 0 radical (unpaired) electrons. The molecule has 0 amide bonds. The Balaban J connectivity index is 2.66. The van der Waals surface area contributed by atoms with Crippen LogP contribution in [-0.4, -0.2) is 0 Å². The second-order valence-electron chi connectivity index (χ2n) is 6.00. The van der Waals surface area contributed by atoms with Crippen molar-refractivity contribution in [1.29, 1.82) is 0 Å². The maximum Gasteiger partial charge on any atom is 0.0589 e. The first-order valence-electron chi connectivity index (χ1n) is 7.37. The normalized spacial score (nSPS) is 12.1. The van der Waals surface area contributed by atoms with Crippen molar-refractivity contribution in [2.45, 2.75) is 39.5 Å². The average Bonchev–Trinajstić information content (AvgIpc) is 2.47. The molecular formula is C18H23PS2. The molecule has 0 heterocycles. The Hall–Kier alpha value is -0.560. The van der Waals surface area contributed by atoms with Gasteiger partial charge in [-0.05, 0) is 23.0 Å². The summed E-state index contributed by atoms with van der Waals surface area (Å²) in [6.07, 6.45) is 0. The third-order valence-electron chi connectivity index (χ3n) is 3.77. The molecule has 3 heteroatoms. The third-order valence-corrected chi connectivity index (χ3v) is 8.36. The van der Waals surface area contributed by atoms with Crippen LogP contribution < -0.4 is 10.6 Å². The van der Waals surface area contributed by atoms with E-state index in [2.05, 4.69) is 76.2 Å². The first kappa shape index (κ1) is 16.8. The molecule has 0 fully saturated rings. The zero-order valence-corrected chi connectivity index (χ0v) is 15.7. The van der Waals surface area contributed by atoms with E-state index >= 15 is 0 Å². The fourth-order valence-corrected chi connectivity index (χ4v) is 6.92. The van der Waals surface area contributed by atoms with E-state index in [9.17, 15) is 0 Å². The van der Waals surface area contributed by atoms with E-state index in [1.165, 1.54) is 21.7 Å². The maximum atomic E-state index is 6.07. The lowest BCUT2D eigenvalue weighted by Gasteiger charge is -2.25. The number of hydrogen-bond donors (Lipinski definition) is 1. The van der Waals surface area contributed by atoms with Crippen molar-refractivity contribution < 1.29 is 0 Å². The Kier molecular flexibility index (Phi) is 5.35. The highest BCUT2D eigenvalue weighted by molar-refractivity contribution is 8.68. The predicted octanol–water partition coefficient (Wildman–Crippen LogP) is 5.21. The molecule has 0 saturated carbocycles. The number of benzene rings is 2. The summed E-state index contributed by atoms with van der Waals surface area (Å²) in [5.41, 5.74) is 2.66. The van der Waals surface area contributed by atoms with Gasteiger partial charge in [-0.2, -0.15) is 0 Å². The Bertz CT molecular complexity index is 619. The van der Waals surface area contributed by atoms with Crippen molar-refractivity contribution in [3.05, 3.63) is 59.7 Å². The molecule has 0 aliphatic carbocycles. The van der Waals surface area contributed by atoms with Crippen LogP contribution in [-0.2, 0) is 11.8 Å². The number of rotatable bonds is 4. The minimum absolute atomic E-state index is 0.460. The Morgan fingerprint density at radius 1 is 0.762 bits per heavy atom. The van der Waals surface area contributed by atoms with Crippen LogP contribution in [0.3, 0.4) is 0 Å². The lowest BCUT2D eigenvalue weighted by atomic mass is 10.0. The topological polar surface area (TPSA) is 0 Å². The van der Waals surface area contributed by atoms with Crippen LogP contribution in [0.2, 0.25) is 0 Å². The zero-order valence-electron chi connectivity index (χ0n) is 13.1. The van der Waals surface area contributed by atoms with Crippen LogP contribution in [0, 0.1) is 0 Å². The van der Waals surface area contributed by atoms with Crippen molar-refractivity contribution in [3.63, 3.8) is 0 Å². The quantitative estimate of drug-likeness (QED) is 0.592. The molecule has 0 N–H and O–H groups in total. The minimum atomic E-state index is -2.05. The largest absolute Gasteiger partial charge is 0.133 e. The lowest BCUT2D eigenvalue weighted by Crippen LogP contribution is -2.20. The Morgan fingerprint density at radius 3 is 1.43 bits per heavy atom. The van der Waals surface area contributed by atoms with Crippen molar-refractivity contribution in [3.8, 4) is 0 Å². The average molecular weight is 334 g/mol. The van der Waals surface area contributed by atoms with Gasteiger partial charge in [-0.15, -0.1) is 12.2 Å². The van der Waals surface area contributed by atoms with Gasteiger partial charge in [-0.1, -0.05) is 88.0 Å². The first-order valence-corrected chi connectivity index (χ1v) is 11.3. The summed E-state index contributed by atoms with van der Waals surface area (Å²) in [5, 5.41) is 0.432. The van der Waals surface area contributed by atoms with Crippen molar-refractivity contribution >= 4 is 39.9 Å². The van der Waals surface area contributed by atoms with Crippen LogP contribution in [0.1, 0.15) is 50.7 Å². The van der Waals surface area contributed by atoms with E-state index in [-0.39, 0.29) is 0 Å². The standard InChI is InChI=1S/C18H23PS2/c1-13(2)15-9-5-7-11-17(15)19(20,21)18-12-8-6-10-16(18)14(3)4/h5-14H,1-4H3,(H,20,21). The predicted molar refractivity (Wildman–Crippen MR) is 104 cm³/mol. The van der Waals surface area contributed by atoms with Gasteiger partial charge in [-0.25, -0.2) is 0 Å². The Labute approximate surface area is 139 Å². The van der Waals surface area contributed by atoms with Crippen molar-refractivity contribution in [2.75, 3.05) is 0 Å². The molecular weight excluding hydrogens is 311 g/mol. The van der Waals surface area contributed by atoms with Crippen molar-refractivity contribution in [1.82, 2.24) is 0 Å². The lowest BCUT2D eigenvalue weighted by molar-refractivity contribution is 0.872. The van der Waals surface area contributed by atoms with E-state index in [4.69, 9.17) is 24.1 Å². The zero-order chi connectivity index (χ0) is 15.6. The molecule has 2 aromatic rings. The SMILES string of the molecule is CC(C)c1ccccc1P(=S)(S)c1ccccc1C(C)C. The summed E-state index contributed by atoms with van der Waals surface area (Å²) in [6, 6.07) is 17.1. The smallest absolute Gasteiger partial charge is 0.0589 e. The highest BCUT2D eigenvalue weighted by Crippen LogP contribution is 2.51. The van der Waals surface area contributed by atoms with Crippen LogP contribution in [0.25, 0.3) is 0 Å². The number of hydrogen-bond acceptors (Lipinski definition) is 1. The van der Waals surface area contributed by atoms with Gasteiger partial charge in [0.2, 0.25) is 0 Å². The van der Waals surface area contributed by atoms with E-state index in [0.29, 0.717) is 11.8 Å². The first-order chi connectivity index (χ1) is 9.85. The van der Waals surface area contributed by atoms with E-state index in [1.54, 1.807) is 0 Å². The van der Waals surface area contributed by atoms with Gasteiger partial charge in [0.05, 0.1) is 5.24 Å². The number of thiol groups is 1. The van der Waals surface area contributed by atoms with E-state index in [0.717, 1.165) is 0 Å². The van der Waals surface area contributed by atoms with Crippen molar-refractivity contribution in [2.24, 2.45) is 0 Å². The Morgan fingerprint density at radius 2 is 1.10 bits per heavy atom. The fourth-order valence-electron chi connectivity index (χ4n) is 2.63. The molecule has 2 rings (SSSR count). The van der Waals surface area contributed by atoms with Crippen LogP contribution in [0.15, 0.2) is 48.5 Å². The van der Waals surface area contributed by atoms with Crippen LogP contribution >= 0.6 is 17.5 Å². The highest BCUT2D eigenvalue weighted by Gasteiger charge is 2.24. The molecule has 0 aromatic heterocycles. The molecule has 0 nitrogen and oxygen atoms in total. The van der Waals surface area contributed by atoms with Crippen LogP contribution in [0.4, 0.5) is 0 Å². The molecule has 0 spiro atoms. The van der Waals surface area contributed by atoms with Gasteiger partial charge in [0.1, 0.15) is 0 Å². The second-order valence-corrected chi connectivity index (χ2v) is 12.4. The molecule has 0 aliphatic heterocycles. The van der Waals surface area contributed by atoms with Gasteiger partial charge in [0.25, 0.3) is 0 Å². The minimum Gasteiger partial charge on any atom is -0.133 e. The molecule has 0 unspecified atom stereocenters. The summed E-state index contributed by atoms with van der Waals surface area (Å²) in [5.74, 6) is 0.920. The molecule has 0 saturated heterocycles. The summed E-state index contributed by atoms with van der Waals surface area (Å²) in [7, 11) is 0. The molecule has 112 valence electrons. The molecule has 0 aliphatic rings. The molecule has 2 aromatic carbocycles. The summed E-state index contributed by atoms with van der Waals surface area (Å²) >= 11 is 11.1. The van der Waals surface area contributed by atoms with Gasteiger partial charge in [0, 0.05) is 10.6 Å². The van der Waals surface area contributed by atoms with Crippen LogP contribution in [0.5, 0.6) is 0 Å². The van der Waals surface area contributed by atoms with Gasteiger partial charge < -0.3 is 0 Å². The monoisotopic (exact) mass is 334 g/mol. The highest BCUT2D eigenvalue weighted by atomic mass is 32.9. The van der Waals surface area contributed by atoms with E-state index < -0.39 is 5.24 Å². The third kappa shape index (κ3) is 3.44. The second kappa shape index (κ2) is 6.69. The van der Waals surface area contributed by atoms with Gasteiger partial charge >= 0.3 is 0 Å². The molecule has 21 heavy (non-hydrogen) atoms. The molecule has 0 atom stereocenters. The molecule has 0 bridgehead atoms. The maximum absolute atomic E-state index is 6.07. The summed E-state index contributed by atoms with van der Waals surface area (Å²) in [6.45, 7) is 8.87. The van der Waals surface area contributed by atoms with E-state index in [1.807, 2.05) is 0 Å². The van der Waals surface area contributed by atoms with Gasteiger partial charge in [0.15, 0.2) is 0 Å². The van der Waals surface area contributed by atoms with Gasteiger partial charge in [-0.3, -0.25) is 0 Å². The summed E-state index contributed by atoms with van der Waals surface area (Å²) in [4.78, 5) is 0.